The van der Waals surface area contributed by atoms with Crippen LogP contribution >= 0.6 is 0 Å². The standard InChI is InChI=1S/C23H25N3O6/c1-26(19(22(29)30)10-11-21(28)25-12-20(24)27)23(31)32-13-18-16-8-4-2-6-14(16)15-7-3-5-9-17(15)18/h2-9,18-19H,10-13H2,1H3,(H2,24,27)(H,25,28)(H,29,30)/t19-/m0/s1. The summed E-state index contributed by atoms with van der Waals surface area (Å²) >= 11 is 0. The van der Waals surface area contributed by atoms with Crippen LogP contribution in [0.25, 0.3) is 11.1 Å². The first-order valence-corrected chi connectivity index (χ1v) is 10.1. The van der Waals surface area contributed by atoms with Gasteiger partial charge in [-0.3, -0.25) is 14.5 Å². The molecule has 0 aromatic heterocycles. The van der Waals surface area contributed by atoms with E-state index in [0.29, 0.717) is 0 Å². The Bertz CT molecular complexity index is 992. The fourth-order valence-electron chi connectivity index (χ4n) is 3.85. The van der Waals surface area contributed by atoms with Crippen LogP contribution < -0.4 is 11.1 Å². The summed E-state index contributed by atoms with van der Waals surface area (Å²) in [6.07, 6.45) is -1.12. The molecule has 0 unspecified atom stereocenters. The molecule has 0 bridgehead atoms. The topological polar surface area (TPSA) is 139 Å². The number of carboxylic acids is 1. The lowest BCUT2D eigenvalue weighted by Gasteiger charge is -2.25. The largest absolute Gasteiger partial charge is 0.480 e. The van der Waals surface area contributed by atoms with Crippen molar-refractivity contribution in [2.24, 2.45) is 5.73 Å². The van der Waals surface area contributed by atoms with Crippen LogP contribution in [0.3, 0.4) is 0 Å². The number of fused-ring (bicyclic) bond motifs is 3. The minimum atomic E-state index is -1.26. The van der Waals surface area contributed by atoms with E-state index in [1.54, 1.807) is 0 Å². The predicted molar refractivity (Wildman–Crippen MR) is 116 cm³/mol. The first-order valence-electron chi connectivity index (χ1n) is 10.1. The van der Waals surface area contributed by atoms with Crippen molar-refractivity contribution >= 4 is 23.9 Å². The zero-order chi connectivity index (χ0) is 23.3. The van der Waals surface area contributed by atoms with Crippen molar-refractivity contribution in [2.75, 3.05) is 20.2 Å². The molecule has 2 aromatic rings. The van der Waals surface area contributed by atoms with Crippen LogP contribution in [-0.2, 0) is 19.1 Å². The number of nitrogens with one attached hydrogen (secondary N) is 1. The Morgan fingerprint density at radius 1 is 1.06 bits per heavy atom. The number of carbonyl (C=O) groups excluding carboxylic acids is 3. The van der Waals surface area contributed by atoms with Crippen LogP contribution in [0.4, 0.5) is 4.79 Å². The third-order valence-electron chi connectivity index (χ3n) is 5.48. The van der Waals surface area contributed by atoms with Gasteiger partial charge in [0.2, 0.25) is 11.8 Å². The lowest BCUT2D eigenvalue weighted by Crippen LogP contribution is -2.44. The molecule has 2 aromatic carbocycles. The third-order valence-corrected chi connectivity index (χ3v) is 5.48. The molecule has 4 N–H and O–H groups in total. The van der Waals surface area contributed by atoms with Gasteiger partial charge in [-0.15, -0.1) is 0 Å². The predicted octanol–water partition coefficient (Wildman–Crippen LogP) is 1.70. The van der Waals surface area contributed by atoms with E-state index >= 15 is 0 Å². The number of aliphatic carboxylic acids is 1. The molecule has 3 rings (SSSR count). The number of nitrogens with two attached hydrogens (primary N) is 1. The number of hydrogen-bond acceptors (Lipinski definition) is 5. The number of likely N-dealkylation sites (N-methyl/N-ethyl adjacent to an activating group) is 1. The van der Waals surface area contributed by atoms with Crippen LogP contribution in [0.5, 0.6) is 0 Å². The number of amides is 3. The second-order valence-electron chi connectivity index (χ2n) is 7.55. The number of primary amides is 1. The normalized spacial score (nSPS) is 12.9. The maximum absolute atomic E-state index is 12.6. The van der Waals surface area contributed by atoms with E-state index in [9.17, 15) is 24.3 Å². The molecule has 0 heterocycles. The zero-order valence-electron chi connectivity index (χ0n) is 17.6. The van der Waals surface area contributed by atoms with Crippen molar-refractivity contribution in [3.8, 4) is 11.1 Å². The molecule has 9 nitrogen and oxygen atoms in total. The van der Waals surface area contributed by atoms with Gasteiger partial charge in [0.05, 0.1) is 6.54 Å². The average molecular weight is 439 g/mol. The summed E-state index contributed by atoms with van der Waals surface area (Å²) < 4.78 is 5.48. The number of carbonyl (C=O) groups is 4. The average Bonchev–Trinajstić information content (AvgIpc) is 3.09. The highest BCUT2D eigenvalue weighted by molar-refractivity contribution is 5.85. The number of ether oxygens (including phenoxy) is 1. The highest BCUT2D eigenvalue weighted by Gasteiger charge is 2.32. The van der Waals surface area contributed by atoms with Gasteiger partial charge in [0, 0.05) is 19.4 Å². The quantitative estimate of drug-likeness (QED) is 0.543. The molecule has 0 fully saturated rings. The summed E-state index contributed by atoms with van der Waals surface area (Å²) in [6.45, 7) is -0.276. The number of rotatable bonds is 9. The van der Waals surface area contributed by atoms with Crippen molar-refractivity contribution in [1.82, 2.24) is 10.2 Å². The summed E-state index contributed by atoms with van der Waals surface area (Å²) in [5.41, 5.74) is 9.23. The van der Waals surface area contributed by atoms with Gasteiger partial charge in [0.15, 0.2) is 0 Å². The fourth-order valence-corrected chi connectivity index (χ4v) is 3.85. The number of hydrogen-bond donors (Lipinski definition) is 3. The van der Waals surface area contributed by atoms with E-state index in [1.807, 2.05) is 48.5 Å². The molecule has 0 aliphatic heterocycles. The molecule has 1 aliphatic rings. The second-order valence-corrected chi connectivity index (χ2v) is 7.55. The van der Waals surface area contributed by atoms with Gasteiger partial charge in [-0.05, 0) is 28.7 Å². The van der Waals surface area contributed by atoms with Crippen LogP contribution in [0.2, 0.25) is 0 Å². The van der Waals surface area contributed by atoms with Gasteiger partial charge < -0.3 is 20.9 Å². The minimum absolute atomic E-state index is 0.0582. The van der Waals surface area contributed by atoms with Crippen molar-refractivity contribution in [3.05, 3.63) is 59.7 Å². The number of carboxylic acid groups (broad SMARTS) is 1. The van der Waals surface area contributed by atoms with Crippen molar-refractivity contribution < 1.29 is 29.0 Å². The molecule has 1 atom stereocenters. The van der Waals surface area contributed by atoms with Gasteiger partial charge in [0.1, 0.15) is 12.6 Å². The fraction of sp³-hybridized carbons (Fsp3) is 0.304. The lowest BCUT2D eigenvalue weighted by atomic mass is 9.98. The van der Waals surface area contributed by atoms with Crippen molar-refractivity contribution in [2.45, 2.75) is 24.8 Å². The van der Waals surface area contributed by atoms with Gasteiger partial charge in [-0.2, -0.15) is 0 Å². The molecular weight excluding hydrogens is 414 g/mol. The van der Waals surface area contributed by atoms with Crippen molar-refractivity contribution in [1.29, 1.82) is 0 Å². The molecular formula is C23H25N3O6. The Labute approximate surface area is 185 Å². The Balaban J connectivity index is 1.62. The molecule has 32 heavy (non-hydrogen) atoms. The minimum Gasteiger partial charge on any atom is -0.480 e. The van der Waals surface area contributed by atoms with E-state index in [1.165, 1.54) is 7.05 Å². The van der Waals surface area contributed by atoms with E-state index in [0.717, 1.165) is 27.2 Å². The molecule has 0 saturated heterocycles. The van der Waals surface area contributed by atoms with Crippen LogP contribution in [0.1, 0.15) is 29.9 Å². The molecule has 9 heteroatoms. The van der Waals surface area contributed by atoms with E-state index in [2.05, 4.69) is 5.32 Å². The van der Waals surface area contributed by atoms with Gasteiger partial charge in [-0.1, -0.05) is 48.5 Å². The number of benzene rings is 2. The third kappa shape index (κ3) is 5.05. The highest BCUT2D eigenvalue weighted by Crippen LogP contribution is 2.44. The Morgan fingerprint density at radius 2 is 1.62 bits per heavy atom. The summed E-state index contributed by atoms with van der Waals surface area (Å²) in [5.74, 6) is -2.65. The maximum Gasteiger partial charge on any atom is 0.410 e. The summed E-state index contributed by atoms with van der Waals surface area (Å²) in [6, 6.07) is 14.5. The summed E-state index contributed by atoms with van der Waals surface area (Å²) in [4.78, 5) is 47.7. The Kier molecular flexibility index (Phi) is 7.09. The highest BCUT2D eigenvalue weighted by atomic mass is 16.6. The smallest absolute Gasteiger partial charge is 0.410 e. The van der Waals surface area contributed by atoms with Gasteiger partial charge in [0.25, 0.3) is 0 Å². The SMILES string of the molecule is CN(C(=O)OCC1c2ccccc2-c2ccccc21)[C@@H](CCC(=O)NCC(N)=O)C(=O)O. The lowest BCUT2D eigenvalue weighted by molar-refractivity contribution is -0.142. The molecule has 3 amide bonds. The van der Waals surface area contributed by atoms with Gasteiger partial charge >= 0.3 is 12.1 Å². The Morgan fingerprint density at radius 3 is 2.16 bits per heavy atom. The molecule has 0 spiro atoms. The van der Waals surface area contributed by atoms with Crippen LogP contribution in [0.15, 0.2) is 48.5 Å². The summed E-state index contributed by atoms with van der Waals surface area (Å²) in [5, 5.41) is 11.8. The number of nitrogens with zero attached hydrogens (tertiary/aromatic N) is 1. The van der Waals surface area contributed by atoms with E-state index < -0.39 is 29.9 Å². The molecule has 0 saturated carbocycles. The van der Waals surface area contributed by atoms with Crippen LogP contribution in [-0.4, -0.2) is 60.1 Å². The first kappa shape index (κ1) is 22.8. The maximum atomic E-state index is 12.6. The molecule has 168 valence electrons. The van der Waals surface area contributed by atoms with Gasteiger partial charge in [-0.25, -0.2) is 9.59 Å². The second kappa shape index (κ2) is 9.95. The molecule has 1 aliphatic carbocycles. The van der Waals surface area contributed by atoms with E-state index in [4.69, 9.17) is 10.5 Å². The van der Waals surface area contributed by atoms with Crippen molar-refractivity contribution in [3.63, 3.8) is 0 Å². The Hall–Kier alpha value is -3.88. The molecule has 0 radical (unpaired) electrons. The zero-order valence-corrected chi connectivity index (χ0v) is 17.6. The first-order chi connectivity index (χ1) is 15.3. The monoisotopic (exact) mass is 439 g/mol. The summed E-state index contributed by atoms with van der Waals surface area (Å²) in [7, 11) is 1.32. The van der Waals surface area contributed by atoms with E-state index in [-0.39, 0.29) is 31.9 Å². The van der Waals surface area contributed by atoms with Crippen LogP contribution in [0, 0.1) is 0 Å².